The number of anilines is 3. The first kappa shape index (κ1) is 23.2. The third-order valence-electron chi connectivity index (χ3n) is 5.98. The number of piperidine rings is 1. The molecule has 2 aliphatic rings. The van der Waals surface area contributed by atoms with Gasteiger partial charge in [0.1, 0.15) is 5.82 Å². The number of aromatic amines is 1. The lowest BCUT2D eigenvalue weighted by Gasteiger charge is -2.31. The maximum atomic E-state index is 13.0. The van der Waals surface area contributed by atoms with Gasteiger partial charge in [-0.05, 0) is 43.4 Å². The highest BCUT2D eigenvalue weighted by Crippen LogP contribution is 2.31. The third-order valence-corrected chi connectivity index (χ3v) is 5.98. The number of hydrogen-bond acceptors (Lipinski definition) is 5. The molecule has 1 unspecified atom stereocenters. The Labute approximate surface area is 186 Å². The van der Waals surface area contributed by atoms with Crippen molar-refractivity contribution in [1.82, 2.24) is 9.97 Å². The Kier molecular flexibility index (Phi) is 6.78. The molecule has 1 aromatic carbocycles. The predicted molar refractivity (Wildman–Crippen MR) is 125 cm³/mol. The molecule has 9 heteroatoms. The number of allylic oxidation sites excluding steroid dienone is 1. The molecule has 32 heavy (non-hydrogen) atoms. The molecule has 0 bridgehead atoms. The number of aromatic nitrogens is 2. The Balaban J connectivity index is 0.00000289. The van der Waals surface area contributed by atoms with Crippen molar-refractivity contribution in [1.29, 1.82) is 0 Å². The minimum atomic E-state index is -0.906. The molecule has 2 amide bonds. The van der Waals surface area contributed by atoms with E-state index in [4.69, 9.17) is 0 Å². The van der Waals surface area contributed by atoms with E-state index in [-0.39, 0.29) is 29.2 Å². The fraction of sp³-hybridized carbons (Fsp3) is 0.391. The average molecular weight is 440 g/mol. The van der Waals surface area contributed by atoms with Crippen molar-refractivity contribution < 1.29 is 15.1 Å². The van der Waals surface area contributed by atoms with Crippen LogP contribution in [0.15, 0.2) is 35.6 Å². The molecular weight excluding hydrogens is 410 g/mol. The van der Waals surface area contributed by atoms with Crippen molar-refractivity contribution in [3.63, 3.8) is 0 Å². The highest BCUT2D eigenvalue weighted by atomic mass is 16.2. The van der Waals surface area contributed by atoms with E-state index in [1.807, 2.05) is 24.0 Å². The summed E-state index contributed by atoms with van der Waals surface area (Å²) in [5.74, 6) is -0.402. The lowest BCUT2D eigenvalue weighted by Crippen LogP contribution is -2.39. The number of benzene rings is 1. The molecule has 1 saturated heterocycles. The number of hydrogen-bond donors (Lipinski definition) is 3. The van der Waals surface area contributed by atoms with E-state index in [9.17, 15) is 14.4 Å². The first-order valence-corrected chi connectivity index (χ1v) is 10.6. The Hall–Kier alpha value is -3.46. The Morgan fingerprint density at radius 3 is 2.47 bits per heavy atom. The molecule has 1 aromatic heterocycles. The minimum absolute atomic E-state index is 0. The maximum Gasteiger partial charge on any atom is 0.258 e. The van der Waals surface area contributed by atoms with E-state index in [1.165, 1.54) is 0 Å². The summed E-state index contributed by atoms with van der Waals surface area (Å²) in [6.45, 7) is 9.59. The fourth-order valence-electron chi connectivity index (χ4n) is 4.02. The molecule has 0 saturated carbocycles. The van der Waals surface area contributed by atoms with Crippen LogP contribution in [0, 0.1) is 5.92 Å². The summed E-state index contributed by atoms with van der Waals surface area (Å²) in [5.41, 5.74) is 2.29. The first-order valence-electron chi connectivity index (χ1n) is 10.6. The van der Waals surface area contributed by atoms with E-state index >= 15 is 0 Å². The summed E-state index contributed by atoms with van der Waals surface area (Å²) in [6.07, 6.45) is 1.93. The van der Waals surface area contributed by atoms with Gasteiger partial charge >= 0.3 is 0 Å². The predicted octanol–water partition coefficient (Wildman–Crippen LogP) is 2.28. The third kappa shape index (κ3) is 4.72. The second-order valence-corrected chi connectivity index (χ2v) is 8.47. The zero-order valence-electron chi connectivity index (χ0n) is 18.3. The van der Waals surface area contributed by atoms with Gasteiger partial charge in [-0.1, -0.05) is 31.2 Å². The number of nitrogens with one attached hydrogen (secondary N) is 3. The molecule has 1 fully saturated rings. The second kappa shape index (κ2) is 9.35. The van der Waals surface area contributed by atoms with E-state index in [0.29, 0.717) is 17.6 Å². The summed E-state index contributed by atoms with van der Waals surface area (Å²) in [5, 5.41) is 5.48. The maximum absolute atomic E-state index is 13.0. The van der Waals surface area contributed by atoms with Crippen LogP contribution in [0.5, 0.6) is 0 Å². The number of fused-ring (bicyclic) bond motifs is 1. The number of amides is 2. The summed E-state index contributed by atoms with van der Waals surface area (Å²) >= 11 is 0. The zero-order valence-corrected chi connectivity index (χ0v) is 18.3. The summed E-state index contributed by atoms with van der Waals surface area (Å²) in [6, 6.07) is 7.27. The lowest BCUT2D eigenvalue weighted by atomic mass is 9.92. The minimum Gasteiger partial charge on any atom is -0.412 e. The molecule has 0 spiro atoms. The Morgan fingerprint density at radius 1 is 1.19 bits per heavy atom. The van der Waals surface area contributed by atoms with Crippen LogP contribution in [-0.2, 0) is 9.59 Å². The van der Waals surface area contributed by atoms with E-state index in [2.05, 4.69) is 34.1 Å². The van der Waals surface area contributed by atoms with Gasteiger partial charge in [0.05, 0.1) is 11.5 Å². The highest BCUT2D eigenvalue weighted by Gasteiger charge is 2.35. The highest BCUT2D eigenvalue weighted by molar-refractivity contribution is 6.04. The molecule has 0 radical (unpaired) electrons. The van der Waals surface area contributed by atoms with Gasteiger partial charge in [-0.15, -0.1) is 0 Å². The fourth-order valence-corrected chi connectivity index (χ4v) is 4.02. The lowest BCUT2D eigenvalue weighted by molar-refractivity contribution is -0.123. The molecule has 2 aliphatic heterocycles. The van der Waals surface area contributed by atoms with Gasteiger partial charge < -0.3 is 21.0 Å². The SMILES string of the molecule is C=C(C)c1ccc(NC(=O)C2CC(=O)Nc3nc(N4CCC(C)CC4)[nH]c(=O)c32)cc1.O. The molecule has 170 valence electrons. The summed E-state index contributed by atoms with van der Waals surface area (Å²) in [4.78, 5) is 47.5. The number of H-pyrrole nitrogens is 1. The number of rotatable bonds is 4. The van der Waals surface area contributed by atoms with Gasteiger partial charge in [0.15, 0.2) is 0 Å². The normalized spacial score (nSPS) is 18.2. The standard InChI is InChI=1S/C23H27N5O3.H2O/c1-13(2)15-4-6-16(7-5-15)24-21(30)17-12-18(29)25-20-19(17)22(31)27-23(26-20)28-10-8-14(3)9-11-28;/h4-7,14,17H,1,8-12H2,2-3H3,(H,24,30)(H2,25,26,27,29,31);1H2. The van der Waals surface area contributed by atoms with Crippen molar-refractivity contribution in [2.24, 2.45) is 5.92 Å². The van der Waals surface area contributed by atoms with Gasteiger partial charge in [-0.3, -0.25) is 19.4 Å². The second-order valence-electron chi connectivity index (χ2n) is 8.47. The number of carbonyl (C=O) groups excluding carboxylic acids is 2. The van der Waals surface area contributed by atoms with Gasteiger partial charge in [-0.2, -0.15) is 4.98 Å². The van der Waals surface area contributed by atoms with E-state index < -0.39 is 17.4 Å². The van der Waals surface area contributed by atoms with Crippen molar-refractivity contribution >= 4 is 34.8 Å². The van der Waals surface area contributed by atoms with Crippen LogP contribution < -0.4 is 21.1 Å². The van der Waals surface area contributed by atoms with E-state index in [0.717, 1.165) is 37.1 Å². The van der Waals surface area contributed by atoms with Crippen molar-refractivity contribution in [2.75, 3.05) is 28.6 Å². The molecular formula is C23H29N5O4. The van der Waals surface area contributed by atoms with Crippen molar-refractivity contribution in [3.05, 3.63) is 52.3 Å². The molecule has 5 N–H and O–H groups in total. The topological polar surface area (TPSA) is 139 Å². The van der Waals surface area contributed by atoms with Crippen LogP contribution in [0.3, 0.4) is 0 Å². The largest absolute Gasteiger partial charge is 0.412 e. The Morgan fingerprint density at radius 2 is 1.84 bits per heavy atom. The molecule has 3 heterocycles. The zero-order chi connectivity index (χ0) is 22.1. The molecule has 4 rings (SSSR count). The van der Waals surface area contributed by atoms with Gasteiger partial charge in [0.2, 0.25) is 17.8 Å². The van der Waals surface area contributed by atoms with Crippen LogP contribution in [0.2, 0.25) is 0 Å². The number of nitrogens with zero attached hydrogens (tertiary/aromatic N) is 2. The van der Waals surface area contributed by atoms with Crippen LogP contribution in [-0.4, -0.2) is 40.3 Å². The van der Waals surface area contributed by atoms with Crippen LogP contribution in [0.25, 0.3) is 5.57 Å². The molecule has 0 aliphatic carbocycles. The quantitative estimate of drug-likeness (QED) is 0.671. The van der Waals surface area contributed by atoms with Crippen molar-refractivity contribution in [2.45, 2.75) is 39.0 Å². The van der Waals surface area contributed by atoms with Crippen LogP contribution in [0.1, 0.15) is 50.2 Å². The first-order chi connectivity index (χ1) is 14.8. The van der Waals surface area contributed by atoms with Crippen LogP contribution in [0.4, 0.5) is 17.5 Å². The van der Waals surface area contributed by atoms with Gasteiger partial charge in [-0.25, -0.2) is 0 Å². The van der Waals surface area contributed by atoms with Crippen molar-refractivity contribution in [3.8, 4) is 0 Å². The van der Waals surface area contributed by atoms with Gasteiger partial charge in [0.25, 0.3) is 5.56 Å². The van der Waals surface area contributed by atoms with E-state index in [1.54, 1.807) is 12.1 Å². The molecule has 2 aromatic rings. The van der Waals surface area contributed by atoms with Crippen LogP contribution >= 0.6 is 0 Å². The summed E-state index contributed by atoms with van der Waals surface area (Å²) in [7, 11) is 0. The number of carbonyl (C=O) groups is 2. The Bertz CT molecular complexity index is 1080. The molecule has 9 nitrogen and oxygen atoms in total. The van der Waals surface area contributed by atoms with Gasteiger partial charge in [0, 0.05) is 25.2 Å². The summed E-state index contributed by atoms with van der Waals surface area (Å²) < 4.78 is 0. The monoisotopic (exact) mass is 439 g/mol. The molecule has 1 atom stereocenters. The smallest absolute Gasteiger partial charge is 0.258 e. The average Bonchev–Trinajstić information content (AvgIpc) is 2.73.